The van der Waals surface area contributed by atoms with Gasteiger partial charge in [0.1, 0.15) is 53.9 Å². The molecule has 0 aromatic carbocycles. The van der Waals surface area contributed by atoms with Gasteiger partial charge in [-0.2, -0.15) is 0 Å². The number of rotatable bonds is 10. The van der Waals surface area contributed by atoms with Gasteiger partial charge in [0, 0.05) is 87.4 Å². The number of fused-ring (bicyclic) bond motifs is 22. The summed E-state index contributed by atoms with van der Waals surface area (Å²) in [4.78, 5) is 196. The molecule has 1 saturated heterocycles. The van der Waals surface area contributed by atoms with Crippen LogP contribution in [-0.2, 0) is 62.3 Å². The molecule has 0 aromatic rings. The Hall–Kier alpha value is -6.34. The molecule has 13 atom stereocenters. The molecule has 6 aliphatic heterocycles. The number of allylic oxidation sites excluding steroid dienone is 1. The Morgan fingerprint density at radius 2 is 1.30 bits per heavy atom. The summed E-state index contributed by atoms with van der Waals surface area (Å²) >= 11 is 13.4. The normalized spacial score (nSPS) is 33.3. The van der Waals surface area contributed by atoms with Gasteiger partial charge in [-0.3, -0.25) is 57.5 Å². The van der Waals surface area contributed by atoms with Crippen LogP contribution in [0.15, 0.2) is 24.3 Å². The van der Waals surface area contributed by atoms with Gasteiger partial charge < -0.3 is 64.8 Å². The number of ether oxygens (including phenoxy) is 1. The van der Waals surface area contributed by atoms with Crippen LogP contribution in [0, 0.1) is 35.0 Å². The molecule has 25 nitrogen and oxygen atoms in total. The number of halogens is 2. The number of likely N-dealkylation sites (N-methyl/N-ethyl adjacent to an activating group) is 7. The minimum atomic E-state index is -1.57. The third kappa shape index (κ3) is 19.2. The summed E-state index contributed by atoms with van der Waals surface area (Å²) in [6.07, 6.45) is 15.7. The van der Waals surface area contributed by atoms with Crippen LogP contribution in [-0.4, -0.2) is 274 Å². The van der Waals surface area contributed by atoms with Crippen molar-refractivity contribution < 1.29 is 62.3 Å². The molecular formula is C75H118Cl2N12O13. The maximum absolute atomic E-state index is 15.8. The molecule has 10 aliphatic rings. The molecule has 5 fully saturated rings. The van der Waals surface area contributed by atoms with Crippen LogP contribution < -0.4 is 16.0 Å². The number of hydrogen-bond acceptors (Lipinski definition) is 13. The van der Waals surface area contributed by atoms with Crippen LogP contribution >= 0.6 is 23.2 Å². The van der Waals surface area contributed by atoms with Gasteiger partial charge in [0.05, 0.1) is 31.0 Å². The lowest BCUT2D eigenvalue weighted by Crippen LogP contribution is -2.71. The number of alkyl halides is 2. The highest BCUT2D eigenvalue weighted by Crippen LogP contribution is 2.50. The maximum atomic E-state index is 15.8. The number of nitrogens with one attached hydrogen (secondary N) is 3. The first-order valence-electron chi connectivity index (χ1n) is 37.8. The zero-order chi connectivity index (χ0) is 74.8. The number of carbonyl (C=O) groups is 12. The van der Waals surface area contributed by atoms with E-state index in [9.17, 15) is 19.2 Å². The minimum absolute atomic E-state index is 0.00209. The molecule has 27 heteroatoms. The monoisotopic (exact) mass is 1460 g/mol. The first-order chi connectivity index (χ1) is 48.2. The fourth-order valence-electron chi connectivity index (χ4n) is 17.4. The predicted octanol–water partition coefficient (Wildman–Crippen LogP) is 5.48. The van der Waals surface area contributed by atoms with Crippen molar-refractivity contribution in [1.82, 2.24) is 60.0 Å². The predicted molar refractivity (Wildman–Crippen MR) is 388 cm³/mol. The molecule has 1 spiro atoms. The Kier molecular flexibility index (Phi) is 28.4. The average molecular weight is 1470 g/mol. The van der Waals surface area contributed by atoms with Gasteiger partial charge in [0.15, 0.2) is 0 Å². The Bertz CT molecular complexity index is 3110. The van der Waals surface area contributed by atoms with E-state index >= 15 is 38.4 Å². The molecule has 6 bridgehead atoms. The van der Waals surface area contributed by atoms with Gasteiger partial charge in [-0.15, -0.1) is 23.2 Å². The van der Waals surface area contributed by atoms with Gasteiger partial charge in [-0.1, -0.05) is 71.3 Å². The van der Waals surface area contributed by atoms with Gasteiger partial charge in [-0.25, -0.2) is 0 Å². The Morgan fingerprint density at radius 1 is 0.647 bits per heavy atom. The molecular weight excluding hydrogens is 1350 g/mol. The largest absolute Gasteiger partial charge is 0.377 e. The fourth-order valence-corrected chi connectivity index (χ4v) is 18.0. The molecule has 4 aliphatic carbocycles. The van der Waals surface area contributed by atoms with Crippen LogP contribution in [0.2, 0.25) is 0 Å². The fraction of sp³-hybridized carbons (Fsp3) is 0.787. The smallest absolute Gasteiger partial charge is 0.248 e. The van der Waals surface area contributed by atoms with E-state index in [0.717, 1.165) is 19.3 Å². The second kappa shape index (κ2) is 35.6. The van der Waals surface area contributed by atoms with E-state index in [0.29, 0.717) is 70.6 Å². The van der Waals surface area contributed by atoms with Crippen molar-refractivity contribution in [2.75, 3.05) is 88.7 Å². The average Bonchev–Trinajstić information content (AvgIpc) is 0.914. The lowest BCUT2D eigenvalue weighted by Gasteiger charge is -2.54. The zero-order valence-electron chi connectivity index (χ0n) is 62.9. The van der Waals surface area contributed by atoms with Crippen molar-refractivity contribution in [2.24, 2.45) is 35.0 Å². The highest BCUT2D eigenvalue weighted by atomic mass is 35.5. The highest BCUT2D eigenvalue weighted by Gasteiger charge is 2.59. The summed E-state index contributed by atoms with van der Waals surface area (Å²) in [5, 5.41) is 8.59. The first kappa shape index (κ1) is 81.3. The van der Waals surface area contributed by atoms with E-state index in [2.05, 4.69) is 16.0 Å². The molecule has 6 heterocycles. The lowest BCUT2D eigenvalue weighted by atomic mass is 9.58. The summed E-state index contributed by atoms with van der Waals surface area (Å²) < 4.78 is 6.17. The second-order valence-electron chi connectivity index (χ2n) is 31.8. The van der Waals surface area contributed by atoms with E-state index in [1.165, 1.54) is 74.4 Å². The van der Waals surface area contributed by atoms with Crippen molar-refractivity contribution >= 4 is 94.1 Å². The zero-order valence-corrected chi connectivity index (χ0v) is 64.4. The second-order valence-corrected chi connectivity index (χ2v) is 32.9. The van der Waals surface area contributed by atoms with Crippen molar-refractivity contribution in [3.8, 4) is 0 Å². The quantitative estimate of drug-likeness (QED) is 0.139. The molecule has 10 rings (SSSR count). The van der Waals surface area contributed by atoms with E-state index in [1.807, 2.05) is 52.0 Å². The van der Waals surface area contributed by atoms with Crippen LogP contribution in [0.4, 0.5) is 0 Å². The Labute approximate surface area is 614 Å². The molecule has 3 unspecified atom stereocenters. The number of amides is 12. The minimum Gasteiger partial charge on any atom is -0.377 e. The third-order valence-electron chi connectivity index (χ3n) is 23.9. The molecule has 0 radical (unpaired) electrons. The standard InChI is InChI=1S/C75H118Cl2N12O13/c1-14-46(4)63-71(99)83(9)43-62(92)85(11)56-26-18-17-21-36-88(70(56)98)59-38-49-30-28-47(29-31-49)23-22-27-55(65(93)79-63)84(10)61(91)40-58(68(96)81(7)15-2)86(12)72(100)64(50-24-19-20-25-50)87(13)73(101)75(44-74(5,6)45-75)80-66(94)57-39-51(102-16-3)41-89(57)67(95)54(78-60(90)42-82(8)69(59)97)35-33-48-32-34-52(76)53(77)37-48/h17-18,22-23,46-59,63-64H,14-16,19-21,24-45H2,1-13H3,(H,78,90)(H,79,93)(H,80,94)/b18-17-,23-22+/t46-,47?,48?,49?,51+,52?,53?,54-,55-,56-,57-,58-,59-,63-,64-/m0/s1. The van der Waals surface area contributed by atoms with Crippen molar-refractivity contribution in [3.63, 3.8) is 0 Å². The molecule has 12 amide bonds. The molecule has 4 saturated carbocycles. The summed E-state index contributed by atoms with van der Waals surface area (Å²) in [5.74, 6) is -8.00. The van der Waals surface area contributed by atoms with Crippen LogP contribution in [0.25, 0.3) is 0 Å². The van der Waals surface area contributed by atoms with Crippen LogP contribution in [0.5, 0.6) is 0 Å². The van der Waals surface area contributed by atoms with Crippen molar-refractivity contribution in [2.45, 2.75) is 254 Å². The molecule has 3 N–H and O–H groups in total. The summed E-state index contributed by atoms with van der Waals surface area (Å²) in [6, 6.07) is -9.68. The molecule has 570 valence electrons. The van der Waals surface area contributed by atoms with E-state index in [1.54, 1.807) is 32.8 Å². The Balaban J connectivity index is 1.26. The van der Waals surface area contributed by atoms with Gasteiger partial charge in [0.25, 0.3) is 0 Å². The van der Waals surface area contributed by atoms with Crippen LogP contribution in [0.1, 0.15) is 183 Å². The third-order valence-corrected chi connectivity index (χ3v) is 25.0. The number of carbonyl (C=O) groups excluding carboxylic acids is 12. The number of nitrogens with zero attached hydrogens (tertiary/aromatic N) is 9. The van der Waals surface area contributed by atoms with Crippen molar-refractivity contribution in [1.29, 1.82) is 0 Å². The van der Waals surface area contributed by atoms with Gasteiger partial charge >= 0.3 is 0 Å². The van der Waals surface area contributed by atoms with Gasteiger partial charge in [0.2, 0.25) is 70.9 Å². The SMILES string of the molecule is CCO[C@@H]1C[C@H]2C(=O)NC3(CC(C)(C)C3)C(=O)N(C)[C@@H](C3CCCC3)C(=O)N(C)[C@H](C(=O)N(C)CC)CC(=O)N(C)[C@H]3C/C=C/C4CCC(CC4)C[C@@H](C(=O)N(C)CC(=O)N[C@@H](CCC4CCC(Cl)C(Cl)C4)C(=O)N2C1)N1CC/C=C\C[C@@H](C1=O)N(C)C(=O)CN(C)C(=O)[C@H]([C@@H](C)CC)NC3=O. The Morgan fingerprint density at radius 3 is 1.94 bits per heavy atom. The van der Waals surface area contributed by atoms with Crippen LogP contribution in [0.3, 0.4) is 0 Å². The number of hydrogen-bond donors (Lipinski definition) is 3. The summed E-state index contributed by atoms with van der Waals surface area (Å²) in [6.45, 7) is 10.7. The van der Waals surface area contributed by atoms with Crippen molar-refractivity contribution in [3.05, 3.63) is 24.3 Å². The topological polar surface area (TPSA) is 279 Å². The molecule has 0 aromatic heterocycles. The summed E-state index contributed by atoms with van der Waals surface area (Å²) in [7, 11) is 10.4. The first-order valence-corrected chi connectivity index (χ1v) is 38.7. The lowest BCUT2D eigenvalue weighted by molar-refractivity contribution is -0.161. The summed E-state index contributed by atoms with van der Waals surface area (Å²) in [5.41, 5.74) is -2.04. The van der Waals surface area contributed by atoms with E-state index in [-0.39, 0.29) is 106 Å². The molecule has 102 heavy (non-hydrogen) atoms. The van der Waals surface area contributed by atoms with E-state index < -0.39 is 162 Å². The highest BCUT2D eigenvalue weighted by molar-refractivity contribution is 6.30. The van der Waals surface area contributed by atoms with E-state index in [4.69, 9.17) is 27.9 Å². The van der Waals surface area contributed by atoms with Gasteiger partial charge in [-0.05, 0) is 158 Å². The maximum Gasteiger partial charge on any atom is 0.248 e.